The smallest absolute Gasteiger partial charge is 0.329 e. The molecule has 0 unspecified atom stereocenters. The maximum absolute atomic E-state index is 12.7. The van der Waals surface area contributed by atoms with E-state index in [9.17, 15) is 14.4 Å². The van der Waals surface area contributed by atoms with Crippen molar-refractivity contribution in [1.29, 1.82) is 0 Å². The molecule has 0 aliphatic carbocycles. The first kappa shape index (κ1) is 18.7. The number of hydrogen-bond acceptors (Lipinski definition) is 5. The van der Waals surface area contributed by atoms with Gasteiger partial charge in [-0.15, -0.1) is 6.58 Å². The van der Waals surface area contributed by atoms with Gasteiger partial charge >= 0.3 is 5.69 Å². The highest BCUT2D eigenvalue weighted by molar-refractivity contribution is 5.94. The van der Waals surface area contributed by atoms with Crippen molar-refractivity contribution in [2.75, 3.05) is 31.1 Å². The molecule has 1 aromatic carbocycles. The van der Waals surface area contributed by atoms with Crippen molar-refractivity contribution >= 4 is 23.0 Å². The Morgan fingerprint density at radius 1 is 1.17 bits per heavy atom. The van der Waals surface area contributed by atoms with Crippen LogP contribution >= 0.6 is 0 Å². The third-order valence-corrected chi connectivity index (χ3v) is 5.17. The predicted octanol–water partition coefficient (Wildman–Crippen LogP) is 0.572. The summed E-state index contributed by atoms with van der Waals surface area (Å²) in [4.78, 5) is 47.8. The Morgan fingerprint density at radius 3 is 2.52 bits per heavy atom. The number of carbonyl (C=O) groups excluding carboxylic acids is 1. The summed E-state index contributed by atoms with van der Waals surface area (Å²) in [5, 5.41) is 0. The van der Waals surface area contributed by atoms with Crippen LogP contribution in [0.3, 0.4) is 0 Å². The summed E-state index contributed by atoms with van der Waals surface area (Å²) in [6, 6.07) is 9.20. The normalized spacial score (nSPS) is 14.4. The maximum Gasteiger partial charge on any atom is 0.329 e. The topological polar surface area (TPSA) is 96.2 Å². The Hall–Kier alpha value is -3.62. The second-order valence-corrected chi connectivity index (χ2v) is 6.95. The Kier molecular flexibility index (Phi) is 4.79. The standard InChI is InChI=1S/C20H22N6O3/c1-3-9-26-15-16(23(2)20(29)22-17(15)27)21-19(26)25-12-10-24(11-13-25)18(28)14-7-5-4-6-8-14/h3-8H,1,9-13H2,2H3,(H,22,27,29). The molecule has 29 heavy (non-hydrogen) atoms. The summed E-state index contributed by atoms with van der Waals surface area (Å²) < 4.78 is 3.09. The van der Waals surface area contributed by atoms with Gasteiger partial charge in [-0.1, -0.05) is 24.3 Å². The molecule has 1 N–H and O–H groups in total. The van der Waals surface area contributed by atoms with Gasteiger partial charge < -0.3 is 14.4 Å². The van der Waals surface area contributed by atoms with Crippen LogP contribution in [0, 0.1) is 0 Å². The van der Waals surface area contributed by atoms with Gasteiger partial charge in [-0.05, 0) is 12.1 Å². The number of rotatable bonds is 4. The van der Waals surface area contributed by atoms with Gasteiger partial charge in [0.25, 0.3) is 11.5 Å². The highest BCUT2D eigenvalue weighted by Crippen LogP contribution is 2.21. The van der Waals surface area contributed by atoms with Gasteiger partial charge in [0.05, 0.1) is 0 Å². The minimum atomic E-state index is -0.504. The van der Waals surface area contributed by atoms with E-state index in [0.717, 1.165) is 0 Å². The lowest BCUT2D eigenvalue weighted by Gasteiger charge is -2.35. The number of H-pyrrole nitrogens is 1. The zero-order chi connectivity index (χ0) is 20.5. The van der Waals surface area contributed by atoms with Crippen LogP contribution in [0.25, 0.3) is 11.2 Å². The number of carbonyl (C=O) groups is 1. The number of aromatic amines is 1. The number of hydrogen-bond donors (Lipinski definition) is 1. The monoisotopic (exact) mass is 394 g/mol. The minimum Gasteiger partial charge on any atom is -0.339 e. The number of amides is 1. The van der Waals surface area contributed by atoms with Crippen molar-refractivity contribution < 1.29 is 4.79 Å². The molecule has 0 spiro atoms. The summed E-state index contributed by atoms with van der Waals surface area (Å²) in [5.74, 6) is 0.599. The summed E-state index contributed by atoms with van der Waals surface area (Å²) in [6.45, 7) is 6.38. The molecule has 9 nitrogen and oxygen atoms in total. The molecule has 150 valence electrons. The van der Waals surface area contributed by atoms with E-state index in [1.165, 1.54) is 4.57 Å². The first-order valence-electron chi connectivity index (χ1n) is 9.41. The third kappa shape index (κ3) is 3.24. The molecular weight excluding hydrogens is 372 g/mol. The number of fused-ring (bicyclic) bond motifs is 1. The van der Waals surface area contributed by atoms with Crippen molar-refractivity contribution in [3.8, 4) is 0 Å². The minimum absolute atomic E-state index is 0.00341. The van der Waals surface area contributed by atoms with Crippen molar-refractivity contribution in [2.24, 2.45) is 7.05 Å². The van der Waals surface area contributed by atoms with Crippen molar-refractivity contribution in [2.45, 2.75) is 6.54 Å². The van der Waals surface area contributed by atoms with E-state index in [1.807, 2.05) is 40.1 Å². The van der Waals surface area contributed by atoms with Crippen LogP contribution in [0.4, 0.5) is 5.95 Å². The molecule has 1 aliphatic rings. The molecule has 1 saturated heterocycles. The van der Waals surface area contributed by atoms with Crippen molar-refractivity contribution in [1.82, 2.24) is 24.0 Å². The van der Waals surface area contributed by atoms with E-state index in [0.29, 0.717) is 55.4 Å². The van der Waals surface area contributed by atoms with Crippen LogP contribution in [0.5, 0.6) is 0 Å². The summed E-state index contributed by atoms with van der Waals surface area (Å²) in [7, 11) is 1.58. The van der Waals surface area contributed by atoms with Crippen LogP contribution in [-0.2, 0) is 13.6 Å². The fraction of sp³-hybridized carbons (Fsp3) is 0.300. The number of nitrogens with zero attached hydrogens (tertiary/aromatic N) is 5. The molecule has 9 heteroatoms. The average Bonchev–Trinajstić information content (AvgIpc) is 3.13. The van der Waals surface area contributed by atoms with Gasteiger partial charge in [0.15, 0.2) is 11.2 Å². The number of aryl methyl sites for hydroxylation is 1. The highest BCUT2D eigenvalue weighted by atomic mass is 16.2. The van der Waals surface area contributed by atoms with Gasteiger partial charge in [0, 0.05) is 45.3 Å². The molecule has 0 saturated carbocycles. The summed E-state index contributed by atoms with van der Waals surface area (Å²) in [5.41, 5.74) is 0.363. The number of nitrogens with one attached hydrogen (secondary N) is 1. The molecule has 3 aromatic rings. The molecule has 0 bridgehead atoms. The van der Waals surface area contributed by atoms with Crippen LogP contribution in [0.1, 0.15) is 10.4 Å². The van der Waals surface area contributed by atoms with E-state index >= 15 is 0 Å². The van der Waals surface area contributed by atoms with Crippen LogP contribution in [0.2, 0.25) is 0 Å². The second kappa shape index (κ2) is 7.42. The van der Waals surface area contributed by atoms with Crippen molar-refractivity contribution in [3.63, 3.8) is 0 Å². The van der Waals surface area contributed by atoms with E-state index < -0.39 is 11.2 Å². The largest absolute Gasteiger partial charge is 0.339 e. The van der Waals surface area contributed by atoms with Crippen LogP contribution in [0.15, 0.2) is 52.6 Å². The van der Waals surface area contributed by atoms with E-state index in [-0.39, 0.29) is 5.91 Å². The van der Waals surface area contributed by atoms with Gasteiger partial charge in [0.1, 0.15) is 0 Å². The molecule has 0 radical (unpaired) electrons. The number of imidazole rings is 1. The molecule has 1 aliphatic heterocycles. The maximum atomic E-state index is 12.7. The van der Waals surface area contributed by atoms with Gasteiger partial charge in [-0.25, -0.2) is 4.79 Å². The Labute approximate surface area is 166 Å². The lowest BCUT2D eigenvalue weighted by Crippen LogP contribution is -2.49. The first-order chi connectivity index (χ1) is 14.0. The third-order valence-electron chi connectivity index (χ3n) is 5.17. The van der Waals surface area contributed by atoms with E-state index in [2.05, 4.69) is 16.5 Å². The molecular formula is C20H22N6O3. The predicted molar refractivity (Wildman–Crippen MR) is 110 cm³/mol. The number of allylic oxidation sites excluding steroid dienone is 1. The molecule has 0 atom stereocenters. The molecule has 4 rings (SSSR count). The van der Waals surface area contributed by atoms with E-state index in [4.69, 9.17) is 0 Å². The fourth-order valence-corrected chi connectivity index (χ4v) is 3.64. The first-order valence-corrected chi connectivity index (χ1v) is 9.41. The number of anilines is 1. The molecule has 2 aromatic heterocycles. The molecule has 1 fully saturated rings. The molecule has 3 heterocycles. The zero-order valence-electron chi connectivity index (χ0n) is 16.2. The SMILES string of the molecule is C=CCn1c(N2CCN(C(=O)c3ccccc3)CC2)nc2c1c(=O)[nH]c(=O)n2C. The zero-order valence-corrected chi connectivity index (χ0v) is 16.2. The van der Waals surface area contributed by atoms with Crippen molar-refractivity contribution in [3.05, 3.63) is 69.4 Å². The Balaban J connectivity index is 1.64. The van der Waals surface area contributed by atoms with Gasteiger partial charge in [-0.3, -0.25) is 19.1 Å². The second-order valence-electron chi connectivity index (χ2n) is 6.95. The number of piperazine rings is 1. The number of aromatic nitrogens is 4. The number of benzene rings is 1. The summed E-state index contributed by atoms with van der Waals surface area (Å²) >= 11 is 0. The Bertz CT molecular complexity index is 1180. The lowest BCUT2D eigenvalue weighted by molar-refractivity contribution is 0.0746. The average molecular weight is 394 g/mol. The van der Waals surface area contributed by atoms with Crippen LogP contribution in [-0.4, -0.2) is 56.1 Å². The molecule has 1 amide bonds. The Morgan fingerprint density at radius 2 is 1.86 bits per heavy atom. The lowest BCUT2D eigenvalue weighted by atomic mass is 10.2. The quantitative estimate of drug-likeness (QED) is 0.653. The van der Waals surface area contributed by atoms with Gasteiger partial charge in [-0.2, -0.15) is 4.98 Å². The van der Waals surface area contributed by atoms with Gasteiger partial charge in [0.2, 0.25) is 5.95 Å². The summed E-state index contributed by atoms with van der Waals surface area (Å²) in [6.07, 6.45) is 1.68. The van der Waals surface area contributed by atoms with E-state index in [1.54, 1.807) is 17.7 Å². The van der Waals surface area contributed by atoms with Crippen LogP contribution < -0.4 is 16.1 Å². The highest BCUT2D eigenvalue weighted by Gasteiger charge is 2.26. The fourth-order valence-electron chi connectivity index (χ4n) is 3.64.